The van der Waals surface area contributed by atoms with Gasteiger partial charge in [-0.1, -0.05) is 108 Å². The van der Waals surface area contributed by atoms with Crippen LogP contribution in [0.5, 0.6) is 0 Å². The maximum absolute atomic E-state index is 10.1. The highest BCUT2D eigenvalue weighted by atomic mass is 16.3. The van der Waals surface area contributed by atoms with Gasteiger partial charge in [0.15, 0.2) is 0 Å². The van der Waals surface area contributed by atoms with Crippen molar-refractivity contribution in [3.05, 3.63) is 12.2 Å². The van der Waals surface area contributed by atoms with Gasteiger partial charge in [0.1, 0.15) is 0 Å². The molecule has 0 aromatic heterocycles. The molecular formula is C24H46O. The largest absolute Gasteiger partial charge is 0.393 e. The van der Waals surface area contributed by atoms with Crippen molar-refractivity contribution < 1.29 is 5.11 Å². The lowest BCUT2D eigenvalue weighted by Gasteiger charge is -2.10. The molecule has 0 spiro atoms. The van der Waals surface area contributed by atoms with Crippen molar-refractivity contribution in [2.45, 2.75) is 141 Å². The van der Waals surface area contributed by atoms with Gasteiger partial charge in [0.25, 0.3) is 0 Å². The van der Waals surface area contributed by atoms with Crippen molar-refractivity contribution in [2.75, 3.05) is 0 Å². The van der Waals surface area contributed by atoms with E-state index in [1.54, 1.807) is 0 Å². The van der Waals surface area contributed by atoms with Crippen LogP contribution in [0.2, 0.25) is 0 Å². The van der Waals surface area contributed by atoms with Crippen LogP contribution >= 0.6 is 0 Å². The molecule has 0 bridgehead atoms. The van der Waals surface area contributed by atoms with E-state index in [9.17, 15) is 5.11 Å². The average molecular weight is 351 g/mol. The third-order valence-electron chi connectivity index (χ3n) is 5.73. The van der Waals surface area contributed by atoms with E-state index in [0.29, 0.717) is 0 Å². The fraction of sp³-hybridized carbons (Fsp3) is 0.917. The van der Waals surface area contributed by atoms with Crippen LogP contribution in [0.4, 0.5) is 0 Å². The molecule has 0 heterocycles. The Morgan fingerprint density at radius 1 is 0.400 bits per heavy atom. The minimum Gasteiger partial charge on any atom is -0.393 e. The molecule has 0 aliphatic heterocycles. The summed E-state index contributed by atoms with van der Waals surface area (Å²) in [7, 11) is 0. The zero-order valence-electron chi connectivity index (χ0n) is 17.0. The summed E-state index contributed by atoms with van der Waals surface area (Å²) in [4.78, 5) is 0. The Hall–Kier alpha value is -0.300. The number of hydrogen-bond donors (Lipinski definition) is 1. The number of aliphatic hydroxyl groups is 1. The summed E-state index contributed by atoms with van der Waals surface area (Å²) in [5.74, 6) is 0. The summed E-state index contributed by atoms with van der Waals surface area (Å²) < 4.78 is 0. The third kappa shape index (κ3) is 16.9. The quantitative estimate of drug-likeness (QED) is 0.437. The smallest absolute Gasteiger partial charge is 0.0540 e. The van der Waals surface area contributed by atoms with Gasteiger partial charge in [-0.05, 0) is 38.5 Å². The highest BCUT2D eigenvalue weighted by Gasteiger charge is 2.03. The topological polar surface area (TPSA) is 20.2 Å². The fourth-order valence-corrected chi connectivity index (χ4v) is 3.96. The van der Waals surface area contributed by atoms with Crippen LogP contribution in [-0.4, -0.2) is 11.2 Å². The van der Waals surface area contributed by atoms with Crippen LogP contribution in [0.3, 0.4) is 0 Å². The summed E-state index contributed by atoms with van der Waals surface area (Å²) >= 11 is 0. The van der Waals surface area contributed by atoms with Crippen LogP contribution in [0.1, 0.15) is 135 Å². The van der Waals surface area contributed by atoms with Gasteiger partial charge < -0.3 is 5.11 Å². The van der Waals surface area contributed by atoms with Crippen LogP contribution in [0.15, 0.2) is 12.2 Å². The highest BCUT2D eigenvalue weighted by molar-refractivity contribution is 4.81. The van der Waals surface area contributed by atoms with E-state index < -0.39 is 0 Å². The van der Waals surface area contributed by atoms with Gasteiger partial charge in [-0.25, -0.2) is 0 Å². The summed E-state index contributed by atoms with van der Waals surface area (Å²) in [6.07, 6.45) is 32.8. The molecule has 1 atom stereocenters. The molecule has 0 aromatic rings. The Morgan fingerprint density at radius 2 is 0.680 bits per heavy atom. The van der Waals surface area contributed by atoms with Gasteiger partial charge in [-0.3, -0.25) is 0 Å². The summed E-state index contributed by atoms with van der Waals surface area (Å²) in [6.45, 7) is 0. The van der Waals surface area contributed by atoms with E-state index in [4.69, 9.17) is 0 Å². The molecule has 1 aliphatic carbocycles. The van der Waals surface area contributed by atoms with Crippen LogP contribution in [0, 0.1) is 0 Å². The first kappa shape index (κ1) is 22.7. The zero-order chi connectivity index (χ0) is 17.8. The fourth-order valence-electron chi connectivity index (χ4n) is 3.96. The molecule has 0 saturated heterocycles. The van der Waals surface area contributed by atoms with Crippen molar-refractivity contribution in [3.63, 3.8) is 0 Å². The molecule has 1 aliphatic rings. The van der Waals surface area contributed by atoms with Gasteiger partial charge in [0.05, 0.1) is 6.10 Å². The van der Waals surface area contributed by atoms with Gasteiger partial charge >= 0.3 is 0 Å². The van der Waals surface area contributed by atoms with Crippen molar-refractivity contribution in [1.82, 2.24) is 0 Å². The van der Waals surface area contributed by atoms with E-state index in [2.05, 4.69) is 12.2 Å². The molecule has 1 N–H and O–H groups in total. The first-order valence-electron chi connectivity index (χ1n) is 11.7. The Balaban J connectivity index is 2.11. The van der Waals surface area contributed by atoms with Crippen molar-refractivity contribution in [3.8, 4) is 0 Å². The molecule has 1 heteroatoms. The van der Waals surface area contributed by atoms with E-state index in [0.717, 1.165) is 12.8 Å². The lowest BCUT2D eigenvalue weighted by molar-refractivity contribution is 0.147. The normalized spacial score (nSPS) is 25.9. The molecule has 0 radical (unpaired) electrons. The van der Waals surface area contributed by atoms with Gasteiger partial charge in [-0.2, -0.15) is 0 Å². The van der Waals surface area contributed by atoms with Gasteiger partial charge in [0.2, 0.25) is 0 Å². The molecule has 0 saturated carbocycles. The molecule has 0 amide bonds. The second kappa shape index (κ2) is 18.5. The third-order valence-corrected chi connectivity index (χ3v) is 5.73. The lowest BCUT2D eigenvalue weighted by atomic mass is 10.0. The minimum atomic E-state index is -0.0291. The van der Waals surface area contributed by atoms with Crippen molar-refractivity contribution >= 4 is 0 Å². The number of aliphatic hydroxyl groups excluding tert-OH is 1. The molecule has 0 fully saturated rings. The second-order valence-electron chi connectivity index (χ2n) is 8.29. The molecule has 148 valence electrons. The van der Waals surface area contributed by atoms with E-state index >= 15 is 0 Å². The first-order chi connectivity index (χ1) is 12.4. The monoisotopic (exact) mass is 350 g/mol. The predicted molar refractivity (Wildman–Crippen MR) is 112 cm³/mol. The average Bonchev–Trinajstić information content (AvgIpc) is 2.61. The molecule has 1 unspecified atom stereocenters. The zero-order valence-corrected chi connectivity index (χ0v) is 17.0. The minimum absolute atomic E-state index is 0.0291. The molecular weight excluding hydrogens is 304 g/mol. The summed E-state index contributed by atoms with van der Waals surface area (Å²) in [5.41, 5.74) is 0. The molecule has 1 rings (SSSR count). The van der Waals surface area contributed by atoms with E-state index in [1.807, 2.05) is 0 Å². The number of allylic oxidation sites excluding steroid dienone is 2. The number of rotatable bonds is 0. The summed E-state index contributed by atoms with van der Waals surface area (Å²) in [6, 6.07) is 0. The Bertz CT molecular complexity index is 284. The lowest BCUT2D eigenvalue weighted by Crippen LogP contribution is -2.05. The summed E-state index contributed by atoms with van der Waals surface area (Å²) in [5, 5.41) is 10.1. The number of hydrogen-bond acceptors (Lipinski definition) is 1. The SMILES string of the molecule is OC1CCCCCCCCCCC=CCCCCCCCCCCC1. The van der Waals surface area contributed by atoms with Gasteiger partial charge in [-0.15, -0.1) is 0 Å². The van der Waals surface area contributed by atoms with Crippen molar-refractivity contribution in [1.29, 1.82) is 0 Å². The Morgan fingerprint density at radius 3 is 1.04 bits per heavy atom. The standard InChI is InChI=1S/C24H46O/c25-24-22-20-18-16-14-12-10-8-6-4-2-1-3-5-7-9-11-13-15-17-19-21-23-24/h1-2,24-25H,3-23H2. The van der Waals surface area contributed by atoms with Crippen LogP contribution < -0.4 is 0 Å². The second-order valence-corrected chi connectivity index (χ2v) is 8.29. The predicted octanol–water partition coefficient (Wildman–Crippen LogP) is 8.11. The molecule has 1 nitrogen and oxygen atoms in total. The van der Waals surface area contributed by atoms with E-state index in [1.165, 1.54) is 122 Å². The van der Waals surface area contributed by atoms with Crippen LogP contribution in [-0.2, 0) is 0 Å². The maximum Gasteiger partial charge on any atom is 0.0540 e. The Kier molecular flexibility index (Phi) is 16.8. The van der Waals surface area contributed by atoms with E-state index in [-0.39, 0.29) is 6.10 Å². The highest BCUT2D eigenvalue weighted by Crippen LogP contribution is 2.16. The maximum atomic E-state index is 10.1. The van der Waals surface area contributed by atoms with Crippen LogP contribution in [0.25, 0.3) is 0 Å². The molecule has 0 aromatic carbocycles. The Labute approximate surface area is 158 Å². The first-order valence-corrected chi connectivity index (χ1v) is 11.7. The van der Waals surface area contributed by atoms with Crippen molar-refractivity contribution in [2.24, 2.45) is 0 Å². The van der Waals surface area contributed by atoms with Gasteiger partial charge in [0, 0.05) is 0 Å². The molecule has 25 heavy (non-hydrogen) atoms.